The molecule has 2 aromatic carbocycles. The van der Waals surface area contributed by atoms with E-state index in [1.807, 2.05) is 31.2 Å². The van der Waals surface area contributed by atoms with E-state index < -0.39 is 20.0 Å². The van der Waals surface area contributed by atoms with E-state index in [1.54, 1.807) is 24.3 Å². The van der Waals surface area contributed by atoms with Gasteiger partial charge in [-0.3, -0.25) is 0 Å². The molecule has 0 aliphatic carbocycles. The van der Waals surface area contributed by atoms with Crippen molar-refractivity contribution in [3.05, 3.63) is 59.7 Å². The Hall–Kier alpha value is -1.74. The summed E-state index contributed by atoms with van der Waals surface area (Å²) in [6, 6.07) is 13.8. The van der Waals surface area contributed by atoms with Crippen molar-refractivity contribution >= 4 is 20.0 Å². The Kier molecular flexibility index (Phi) is 6.78. The van der Waals surface area contributed by atoms with Gasteiger partial charge in [-0.1, -0.05) is 44.5 Å². The summed E-state index contributed by atoms with van der Waals surface area (Å²) in [7, 11) is -7.25. The molecule has 0 aromatic heterocycles. The lowest BCUT2D eigenvalue weighted by molar-refractivity contribution is 0.273. The average Bonchev–Trinajstić information content (AvgIpc) is 2.74. The highest BCUT2D eigenvalue weighted by Crippen LogP contribution is 2.22. The van der Waals surface area contributed by atoms with Gasteiger partial charge in [0.25, 0.3) is 0 Å². The van der Waals surface area contributed by atoms with Crippen LogP contribution in [0.25, 0.3) is 0 Å². The molecule has 6 nitrogen and oxygen atoms in total. The maximum Gasteiger partial charge on any atom is 0.243 e. The van der Waals surface area contributed by atoms with E-state index in [9.17, 15) is 16.8 Å². The Labute approximate surface area is 174 Å². The fraction of sp³-hybridized carbons (Fsp3) is 0.429. The zero-order valence-corrected chi connectivity index (χ0v) is 18.5. The molecule has 158 valence electrons. The third-order valence-corrected chi connectivity index (χ3v) is 9.09. The number of nitrogens with zero attached hydrogens (tertiary/aromatic N) is 2. The van der Waals surface area contributed by atoms with Crippen molar-refractivity contribution in [3.63, 3.8) is 0 Å². The van der Waals surface area contributed by atoms with Crippen molar-refractivity contribution in [2.24, 2.45) is 0 Å². The van der Waals surface area contributed by atoms with Crippen LogP contribution < -0.4 is 0 Å². The number of rotatable bonds is 7. The maximum atomic E-state index is 12.9. The Morgan fingerprint density at radius 2 is 1.03 bits per heavy atom. The zero-order valence-electron chi connectivity index (χ0n) is 16.9. The van der Waals surface area contributed by atoms with Gasteiger partial charge in [-0.25, -0.2) is 16.8 Å². The molecule has 2 aromatic rings. The van der Waals surface area contributed by atoms with Gasteiger partial charge in [-0.2, -0.15) is 8.61 Å². The van der Waals surface area contributed by atoms with Gasteiger partial charge in [-0.05, 0) is 48.2 Å². The van der Waals surface area contributed by atoms with Gasteiger partial charge in [-0.15, -0.1) is 0 Å². The van der Waals surface area contributed by atoms with Crippen LogP contribution in [0.1, 0.15) is 31.4 Å². The fourth-order valence-corrected chi connectivity index (χ4v) is 6.31. The molecule has 3 rings (SSSR count). The summed E-state index contributed by atoms with van der Waals surface area (Å²) in [5, 5.41) is 0. The second-order valence-electron chi connectivity index (χ2n) is 7.20. The summed E-state index contributed by atoms with van der Waals surface area (Å²) in [5.41, 5.74) is 2.18. The number of hydrogen-bond donors (Lipinski definition) is 0. The molecule has 29 heavy (non-hydrogen) atoms. The molecule has 1 saturated heterocycles. The standard InChI is InChI=1S/C21H28N2O4S2/c1-3-5-19-8-12-21(13-9-19)29(26,27)23-16-14-22(15-17-23)28(24,25)20-10-6-18(4-2)7-11-20/h6-13H,3-5,14-17H2,1-2H3. The molecule has 0 bridgehead atoms. The molecule has 0 saturated carbocycles. The van der Waals surface area contributed by atoms with Crippen LogP contribution in [0.5, 0.6) is 0 Å². The Balaban J connectivity index is 1.70. The normalized spacial score (nSPS) is 16.8. The molecule has 0 spiro atoms. The van der Waals surface area contributed by atoms with Crippen LogP contribution in [0.4, 0.5) is 0 Å². The third-order valence-electron chi connectivity index (χ3n) is 5.27. The molecule has 0 unspecified atom stereocenters. The number of piperazine rings is 1. The van der Waals surface area contributed by atoms with E-state index in [4.69, 9.17) is 0 Å². The summed E-state index contributed by atoms with van der Waals surface area (Å²) in [5.74, 6) is 0. The summed E-state index contributed by atoms with van der Waals surface area (Å²) in [6.07, 6.45) is 2.76. The number of benzene rings is 2. The molecule has 1 aliphatic heterocycles. The van der Waals surface area contributed by atoms with Crippen LogP contribution in [0.15, 0.2) is 58.3 Å². The second kappa shape index (κ2) is 8.95. The minimum Gasteiger partial charge on any atom is -0.207 e. The number of aryl methyl sites for hydroxylation is 2. The van der Waals surface area contributed by atoms with Gasteiger partial charge in [0, 0.05) is 26.2 Å². The van der Waals surface area contributed by atoms with Crippen molar-refractivity contribution in [1.82, 2.24) is 8.61 Å². The van der Waals surface area contributed by atoms with Crippen molar-refractivity contribution in [2.75, 3.05) is 26.2 Å². The topological polar surface area (TPSA) is 74.8 Å². The van der Waals surface area contributed by atoms with Gasteiger partial charge in [0.15, 0.2) is 0 Å². The van der Waals surface area contributed by atoms with E-state index in [0.29, 0.717) is 0 Å². The van der Waals surface area contributed by atoms with Crippen molar-refractivity contribution in [3.8, 4) is 0 Å². The van der Waals surface area contributed by atoms with Crippen molar-refractivity contribution in [1.29, 1.82) is 0 Å². The fourth-order valence-electron chi connectivity index (χ4n) is 3.46. The first-order valence-corrected chi connectivity index (χ1v) is 12.8. The zero-order chi connectivity index (χ0) is 21.1. The maximum absolute atomic E-state index is 12.9. The minimum absolute atomic E-state index is 0.144. The van der Waals surface area contributed by atoms with Crippen LogP contribution in [-0.4, -0.2) is 51.6 Å². The lowest BCUT2D eigenvalue weighted by Gasteiger charge is -2.33. The van der Waals surface area contributed by atoms with Crippen LogP contribution in [0, 0.1) is 0 Å². The molecule has 0 radical (unpaired) electrons. The van der Waals surface area contributed by atoms with E-state index >= 15 is 0 Å². The molecule has 0 amide bonds. The van der Waals surface area contributed by atoms with Crippen LogP contribution in [0.3, 0.4) is 0 Å². The van der Waals surface area contributed by atoms with Crippen LogP contribution >= 0.6 is 0 Å². The van der Waals surface area contributed by atoms with Gasteiger partial charge in [0.2, 0.25) is 20.0 Å². The smallest absolute Gasteiger partial charge is 0.207 e. The lowest BCUT2D eigenvalue weighted by atomic mass is 10.1. The SMILES string of the molecule is CCCc1ccc(S(=O)(=O)N2CCN(S(=O)(=O)c3ccc(CC)cc3)CC2)cc1. The molecule has 1 aliphatic rings. The Morgan fingerprint density at radius 3 is 1.38 bits per heavy atom. The molecular formula is C21H28N2O4S2. The first-order valence-electron chi connectivity index (χ1n) is 9.97. The molecule has 8 heteroatoms. The van der Waals surface area contributed by atoms with E-state index in [2.05, 4.69) is 6.92 Å². The predicted octanol–water partition coefficient (Wildman–Crippen LogP) is 2.90. The van der Waals surface area contributed by atoms with Gasteiger partial charge in [0.1, 0.15) is 0 Å². The summed E-state index contributed by atoms with van der Waals surface area (Å²) >= 11 is 0. The quantitative estimate of drug-likeness (QED) is 0.669. The first-order chi connectivity index (χ1) is 13.8. The first kappa shape index (κ1) is 22.0. The van der Waals surface area contributed by atoms with Crippen molar-refractivity contribution < 1.29 is 16.8 Å². The highest BCUT2D eigenvalue weighted by molar-refractivity contribution is 7.89. The van der Waals surface area contributed by atoms with Crippen LogP contribution in [-0.2, 0) is 32.9 Å². The van der Waals surface area contributed by atoms with Gasteiger partial charge < -0.3 is 0 Å². The molecule has 1 fully saturated rings. The average molecular weight is 437 g/mol. The second-order valence-corrected chi connectivity index (χ2v) is 11.1. The highest BCUT2D eigenvalue weighted by atomic mass is 32.2. The van der Waals surface area contributed by atoms with E-state index in [0.717, 1.165) is 30.4 Å². The summed E-state index contributed by atoms with van der Waals surface area (Å²) in [4.78, 5) is 0.501. The summed E-state index contributed by atoms with van der Waals surface area (Å²) in [6.45, 7) is 4.67. The van der Waals surface area contributed by atoms with E-state index in [-0.39, 0.29) is 36.0 Å². The van der Waals surface area contributed by atoms with E-state index in [1.165, 1.54) is 8.61 Å². The van der Waals surface area contributed by atoms with Crippen molar-refractivity contribution in [2.45, 2.75) is 42.9 Å². The molecule has 1 heterocycles. The minimum atomic E-state index is -3.62. The lowest BCUT2D eigenvalue weighted by Crippen LogP contribution is -2.50. The molecular weight excluding hydrogens is 408 g/mol. The Bertz CT molecular complexity index is 1020. The number of hydrogen-bond acceptors (Lipinski definition) is 4. The predicted molar refractivity (Wildman–Crippen MR) is 114 cm³/mol. The monoisotopic (exact) mass is 436 g/mol. The largest absolute Gasteiger partial charge is 0.243 e. The molecule has 0 atom stereocenters. The molecule has 0 N–H and O–H groups in total. The third kappa shape index (κ3) is 4.71. The number of sulfonamides is 2. The Morgan fingerprint density at radius 1 is 0.655 bits per heavy atom. The van der Waals surface area contributed by atoms with Crippen LogP contribution in [0.2, 0.25) is 0 Å². The van der Waals surface area contributed by atoms with Gasteiger partial charge >= 0.3 is 0 Å². The summed E-state index contributed by atoms with van der Waals surface area (Å²) < 4.78 is 54.3. The van der Waals surface area contributed by atoms with Gasteiger partial charge in [0.05, 0.1) is 9.79 Å². The highest BCUT2D eigenvalue weighted by Gasteiger charge is 2.33.